The SMILES string of the molecule is Cc1ccc(F)cc1COc1ccc(S(=O)(=O)C2CCOC(C)(C)C2C(=O)N(O)O)cc1. The predicted molar refractivity (Wildman–Crippen MR) is 111 cm³/mol. The molecule has 3 rings (SSSR count). The summed E-state index contributed by atoms with van der Waals surface area (Å²) in [6.07, 6.45) is 0.0209. The summed E-state index contributed by atoms with van der Waals surface area (Å²) < 4.78 is 51.3. The first-order valence-electron chi connectivity index (χ1n) is 10.0. The van der Waals surface area contributed by atoms with E-state index < -0.39 is 37.7 Å². The molecule has 0 saturated carbocycles. The third kappa shape index (κ3) is 4.93. The second-order valence-corrected chi connectivity index (χ2v) is 10.4. The molecule has 174 valence electrons. The molecule has 2 aromatic carbocycles. The van der Waals surface area contributed by atoms with Crippen LogP contribution in [0.15, 0.2) is 47.4 Å². The minimum atomic E-state index is -4.01. The molecule has 0 aromatic heterocycles. The number of halogens is 1. The quantitative estimate of drug-likeness (QED) is 0.495. The maximum Gasteiger partial charge on any atom is 0.280 e. The minimum absolute atomic E-state index is 0.0209. The number of hydrogen-bond donors (Lipinski definition) is 2. The van der Waals surface area contributed by atoms with Gasteiger partial charge >= 0.3 is 0 Å². The Morgan fingerprint density at radius 2 is 1.88 bits per heavy atom. The number of hydrogen-bond acceptors (Lipinski definition) is 7. The highest BCUT2D eigenvalue weighted by molar-refractivity contribution is 7.92. The van der Waals surface area contributed by atoms with Crippen molar-refractivity contribution in [1.29, 1.82) is 0 Å². The Hall–Kier alpha value is -2.53. The number of carbonyl (C=O) groups excluding carboxylic acids is 1. The maximum atomic E-state index is 13.4. The molecule has 10 heteroatoms. The lowest BCUT2D eigenvalue weighted by Gasteiger charge is -2.42. The Kier molecular flexibility index (Phi) is 6.89. The topological polar surface area (TPSA) is 113 Å². The first-order chi connectivity index (χ1) is 14.9. The lowest BCUT2D eigenvalue weighted by Crippen LogP contribution is -2.56. The number of hydroxylamine groups is 2. The van der Waals surface area contributed by atoms with Gasteiger partial charge in [-0.15, -0.1) is 0 Å². The van der Waals surface area contributed by atoms with E-state index in [0.717, 1.165) is 5.56 Å². The molecule has 1 heterocycles. The number of benzene rings is 2. The van der Waals surface area contributed by atoms with Crippen molar-refractivity contribution in [2.45, 2.75) is 49.5 Å². The zero-order valence-electron chi connectivity index (χ0n) is 18.0. The van der Waals surface area contributed by atoms with E-state index in [1.807, 2.05) is 6.92 Å². The van der Waals surface area contributed by atoms with Crippen LogP contribution in [-0.4, -0.2) is 47.4 Å². The molecule has 1 amide bonds. The van der Waals surface area contributed by atoms with Gasteiger partial charge in [-0.25, -0.2) is 12.8 Å². The van der Waals surface area contributed by atoms with Crippen molar-refractivity contribution in [2.75, 3.05) is 6.61 Å². The van der Waals surface area contributed by atoms with Crippen molar-refractivity contribution in [2.24, 2.45) is 5.92 Å². The zero-order valence-corrected chi connectivity index (χ0v) is 18.8. The highest BCUT2D eigenvalue weighted by Crippen LogP contribution is 2.38. The summed E-state index contributed by atoms with van der Waals surface area (Å²) in [4.78, 5) is 12.3. The van der Waals surface area contributed by atoms with E-state index in [4.69, 9.17) is 9.47 Å². The largest absolute Gasteiger partial charge is 0.489 e. The average molecular weight is 468 g/mol. The third-order valence-corrected chi connectivity index (χ3v) is 7.95. The summed E-state index contributed by atoms with van der Waals surface area (Å²) in [5, 5.41) is 16.7. The number of ether oxygens (including phenoxy) is 2. The van der Waals surface area contributed by atoms with Crippen molar-refractivity contribution >= 4 is 15.7 Å². The van der Waals surface area contributed by atoms with Crippen molar-refractivity contribution < 1.29 is 37.5 Å². The molecule has 1 fully saturated rings. The number of sulfone groups is 1. The van der Waals surface area contributed by atoms with Crippen LogP contribution in [0.3, 0.4) is 0 Å². The van der Waals surface area contributed by atoms with E-state index in [-0.39, 0.29) is 30.3 Å². The third-order valence-electron chi connectivity index (χ3n) is 5.72. The van der Waals surface area contributed by atoms with Crippen LogP contribution in [0.5, 0.6) is 5.75 Å². The van der Waals surface area contributed by atoms with E-state index >= 15 is 0 Å². The predicted octanol–water partition coefficient (Wildman–Crippen LogP) is 3.28. The smallest absolute Gasteiger partial charge is 0.280 e. The van der Waals surface area contributed by atoms with Gasteiger partial charge < -0.3 is 9.47 Å². The molecule has 0 radical (unpaired) electrons. The lowest BCUT2D eigenvalue weighted by atomic mass is 9.83. The molecule has 1 aliphatic rings. The molecule has 2 unspecified atom stereocenters. The summed E-state index contributed by atoms with van der Waals surface area (Å²) in [7, 11) is -4.01. The molecule has 2 aromatic rings. The highest BCUT2D eigenvalue weighted by atomic mass is 32.2. The fourth-order valence-corrected chi connectivity index (χ4v) is 5.99. The molecule has 0 bridgehead atoms. The molecule has 8 nitrogen and oxygen atoms in total. The van der Waals surface area contributed by atoms with E-state index in [1.54, 1.807) is 6.07 Å². The Morgan fingerprint density at radius 3 is 2.50 bits per heavy atom. The number of aryl methyl sites for hydroxylation is 1. The highest BCUT2D eigenvalue weighted by Gasteiger charge is 2.51. The number of carbonyl (C=O) groups is 1. The van der Waals surface area contributed by atoms with Gasteiger partial charge in [0.2, 0.25) is 0 Å². The minimum Gasteiger partial charge on any atom is -0.489 e. The standard InChI is InChI=1S/C22H26FNO7S/c1-14-4-5-16(23)12-15(14)13-30-17-6-8-18(9-7-17)32(28,29)19-10-11-31-22(2,3)20(19)21(25)24(26)27/h4-9,12,19-20,26-27H,10-11,13H2,1-3H3. The molecular formula is C22H26FNO7S. The molecule has 0 spiro atoms. The number of nitrogens with zero attached hydrogens (tertiary/aromatic N) is 1. The van der Waals surface area contributed by atoms with Crippen molar-refractivity contribution in [3.05, 3.63) is 59.4 Å². The second-order valence-electron chi connectivity index (χ2n) is 8.26. The first kappa shape index (κ1) is 24.1. The van der Waals surface area contributed by atoms with Gasteiger partial charge in [0.25, 0.3) is 5.91 Å². The Labute approximate surface area is 186 Å². The molecule has 2 N–H and O–H groups in total. The van der Waals surface area contributed by atoms with Crippen LogP contribution in [0.4, 0.5) is 4.39 Å². The van der Waals surface area contributed by atoms with Crippen molar-refractivity contribution in [3.8, 4) is 5.75 Å². The van der Waals surface area contributed by atoms with Gasteiger partial charge in [-0.05, 0) is 74.7 Å². The van der Waals surface area contributed by atoms with Gasteiger partial charge in [0.05, 0.1) is 21.7 Å². The molecule has 1 saturated heterocycles. The Bertz CT molecular complexity index is 1080. The van der Waals surface area contributed by atoms with E-state index in [1.165, 1.54) is 50.2 Å². The fourth-order valence-electron chi connectivity index (χ4n) is 3.91. The molecule has 2 atom stereocenters. The average Bonchev–Trinajstić information content (AvgIpc) is 2.73. The number of rotatable bonds is 6. The maximum absolute atomic E-state index is 13.4. The summed E-state index contributed by atoms with van der Waals surface area (Å²) in [5.74, 6) is -2.45. The lowest BCUT2D eigenvalue weighted by molar-refractivity contribution is -0.293. The first-order valence-corrected chi connectivity index (χ1v) is 11.6. The van der Waals surface area contributed by atoms with Crippen LogP contribution in [0.1, 0.15) is 31.4 Å². The molecule has 32 heavy (non-hydrogen) atoms. The van der Waals surface area contributed by atoms with Gasteiger partial charge in [-0.3, -0.25) is 15.2 Å². The van der Waals surface area contributed by atoms with Crippen LogP contribution < -0.4 is 4.74 Å². The van der Waals surface area contributed by atoms with Crippen LogP contribution in [0.25, 0.3) is 0 Å². The van der Waals surface area contributed by atoms with Crippen molar-refractivity contribution in [3.63, 3.8) is 0 Å². The van der Waals surface area contributed by atoms with E-state index in [2.05, 4.69) is 0 Å². The van der Waals surface area contributed by atoms with Crippen LogP contribution in [0, 0.1) is 18.7 Å². The zero-order chi connectivity index (χ0) is 23.7. The summed E-state index contributed by atoms with van der Waals surface area (Å²) in [6.45, 7) is 5.12. The summed E-state index contributed by atoms with van der Waals surface area (Å²) in [6, 6.07) is 10.1. The van der Waals surface area contributed by atoms with Gasteiger partial charge in [-0.2, -0.15) is 0 Å². The normalized spacial score (nSPS) is 20.6. The van der Waals surface area contributed by atoms with E-state index in [0.29, 0.717) is 11.3 Å². The van der Waals surface area contributed by atoms with Gasteiger partial charge in [0, 0.05) is 6.61 Å². The van der Waals surface area contributed by atoms with Gasteiger partial charge in [0.15, 0.2) is 9.84 Å². The second kappa shape index (κ2) is 9.14. The van der Waals surface area contributed by atoms with Gasteiger partial charge in [0.1, 0.15) is 18.2 Å². The summed E-state index contributed by atoms with van der Waals surface area (Å²) >= 11 is 0. The van der Waals surface area contributed by atoms with Crippen molar-refractivity contribution in [1.82, 2.24) is 5.23 Å². The number of amides is 1. The van der Waals surface area contributed by atoms with E-state index in [9.17, 15) is 28.0 Å². The Morgan fingerprint density at radius 1 is 1.22 bits per heavy atom. The Balaban J connectivity index is 1.82. The van der Waals surface area contributed by atoms with Crippen LogP contribution in [0.2, 0.25) is 0 Å². The summed E-state index contributed by atoms with van der Waals surface area (Å²) in [5.41, 5.74) is 0.318. The van der Waals surface area contributed by atoms with Crippen LogP contribution >= 0.6 is 0 Å². The monoisotopic (exact) mass is 467 g/mol. The molecular weight excluding hydrogens is 441 g/mol. The fraction of sp³-hybridized carbons (Fsp3) is 0.409. The molecule has 1 aliphatic heterocycles. The van der Waals surface area contributed by atoms with Gasteiger partial charge in [-0.1, -0.05) is 11.3 Å². The van der Waals surface area contributed by atoms with Crippen LogP contribution in [-0.2, 0) is 26.0 Å². The molecule has 0 aliphatic carbocycles.